The monoisotopic (exact) mass is 519 g/mol. The molecular formula is C29H30FN3O5. The summed E-state index contributed by atoms with van der Waals surface area (Å²) in [5, 5.41) is 14.5. The maximum absolute atomic E-state index is 14.1. The highest BCUT2D eigenvalue weighted by molar-refractivity contribution is 6.09. The van der Waals surface area contributed by atoms with Crippen LogP contribution in [0.3, 0.4) is 0 Å². The normalized spacial score (nSPS) is 14.2. The number of hydrogen-bond acceptors (Lipinski definition) is 6. The number of nitrogens with zero attached hydrogens (tertiary/aromatic N) is 1. The Morgan fingerprint density at radius 1 is 1.18 bits per heavy atom. The fourth-order valence-corrected chi connectivity index (χ4v) is 5.36. The standard InChI is InChI=1S/C29H30FN3O5/c1-13-17(7-8-19-23(13)31-9-10-37-19)20-14(2)22-24(33-27(34)18-11-16(30)12-32-25(18)22)15(3)21(20)26(28(35)36)38-29(4,5)6/h7-8,11-12,26,31H,9-10H2,1-6H3,(H,33,34)(H,35,36)/t26-/m0/s1. The van der Waals surface area contributed by atoms with Crippen LogP contribution < -0.4 is 15.6 Å². The molecule has 0 fully saturated rings. The van der Waals surface area contributed by atoms with Crippen molar-refractivity contribution in [3.63, 3.8) is 0 Å². The second-order valence-electron chi connectivity index (χ2n) is 10.6. The van der Waals surface area contributed by atoms with Crippen molar-refractivity contribution in [2.45, 2.75) is 53.2 Å². The van der Waals surface area contributed by atoms with E-state index in [1.807, 2.05) is 26.0 Å². The Hall–Kier alpha value is -3.98. The lowest BCUT2D eigenvalue weighted by molar-refractivity contribution is -0.160. The van der Waals surface area contributed by atoms with E-state index < -0.39 is 29.1 Å². The molecule has 9 heteroatoms. The van der Waals surface area contributed by atoms with Crippen molar-refractivity contribution < 1.29 is 23.8 Å². The van der Waals surface area contributed by atoms with Gasteiger partial charge in [-0.1, -0.05) is 6.07 Å². The number of H-pyrrole nitrogens is 1. The number of aryl methyl sites for hydroxylation is 2. The summed E-state index contributed by atoms with van der Waals surface area (Å²) >= 11 is 0. The van der Waals surface area contributed by atoms with Crippen molar-refractivity contribution in [1.29, 1.82) is 0 Å². The minimum absolute atomic E-state index is 0.122. The summed E-state index contributed by atoms with van der Waals surface area (Å²) in [6, 6.07) is 4.94. The number of halogens is 1. The number of fused-ring (bicyclic) bond motifs is 4. The predicted molar refractivity (Wildman–Crippen MR) is 145 cm³/mol. The topological polar surface area (TPSA) is 114 Å². The number of benzene rings is 2. The largest absolute Gasteiger partial charge is 0.490 e. The first-order valence-electron chi connectivity index (χ1n) is 12.4. The van der Waals surface area contributed by atoms with E-state index in [-0.39, 0.29) is 5.39 Å². The van der Waals surface area contributed by atoms with E-state index in [4.69, 9.17) is 9.47 Å². The average Bonchev–Trinajstić information content (AvgIpc) is 2.85. The van der Waals surface area contributed by atoms with Crippen LogP contribution in [0.5, 0.6) is 5.75 Å². The van der Waals surface area contributed by atoms with Crippen LogP contribution in [0.15, 0.2) is 29.2 Å². The van der Waals surface area contributed by atoms with Gasteiger partial charge in [-0.15, -0.1) is 0 Å². The molecule has 1 aliphatic heterocycles. The minimum Gasteiger partial charge on any atom is -0.490 e. The van der Waals surface area contributed by atoms with Crippen molar-refractivity contribution in [2.75, 3.05) is 18.5 Å². The fraction of sp³-hybridized carbons (Fsp3) is 0.345. The van der Waals surface area contributed by atoms with Crippen LogP contribution >= 0.6 is 0 Å². The summed E-state index contributed by atoms with van der Waals surface area (Å²) in [5.41, 5.74) is 4.38. The first-order chi connectivity index (χ1) is 17.9. The lowest BCUT2D eigenvalue weighted by atomic mass is 9.83. The van der Waals surface area contributed by atoms with Gasteiger partial charge in [0.05, 0.1) is 33.9 Å². The van der Waals surface area contributed by atoms with Crippen molar-refractivity contribution >= 4 is 33.5 Å². The number of pyridine rings is 2. The molecule has 1 aliphatic rings. The van der Waals surface area contributed by atoms with Gasteiger partial charge < -0.3 is 24.9 Å². The van der Waals surface area contributed by atoms with Crippen LogP contribution in [0.1, 0.15) is 49.1 Å². The van der Waals surface area contributed by atoms with Crippen LogP contribution in [0, 0.1) is 26.6 Å². The molecular weight excluding hydrogens is 489 g/mol. The molecule has 4 aromatic rings. The molecule has 0 unspecified atom stereocenters. The van der Waals surface area contributed by atoms with Gasteiger partial charge in [-0.3, -0.25) is 9.78 Å². The van der Waals surface area contributed by atoms with Crippen LogP contribution in [-0.4, -0.2) is 39.8 Å². The first-order valence-corrected chi connectivity index (χ1v) is 12.4. The number of nitrogens with one attached hydrogen (secondary N) is 2. The van der Waals surface area contributed by atoms with E-state index >= 15 is 0 Å². The smallest absolute Gasteiger partial charge is 0.337 e. The zero-order chi connectivity index (χ0) is 27.5. The molecule has 1 atom stereocenters. The molecule has 0 radical (unpaired) electrons. The summed E-state index contributed by atoms with van der Waals surface area (Å²) in [5.74, 6) is -1.04. The van der Waals surface area contributed by atoms with Gasteiger partial charge in [0.15, 0.2) is 6.10 Å². The molecule has 2 aromatic carbocycles. The Balaban J connectivity index is 1.98. The third kappa shape index (κ3) is 4.16. The lowest BCUT2D eigenvalue weighted by Crippen LogP contribution is -2.28. The minimum atomic E-state index is -1.33. The SMILES string of the molecule is Cc1c(-c2c([C@H](OC(C)(C)C)C(=O)O)c(C)c3[nH]c(=O)c4cc(F)cnc4c3c2C)ccc2c1NCCO2. The summed E-state index contributed by atoms with van der Waals surface area (Å²) in [6.45, 7) is 12.2. The fourth-order valence-electron chi connectivity index (χ4n) is 5.36. The first kappa shape index (κ1) is 25.7. The van der Waals surface area contributed by atoms with Gasteiger partial charge >= 0.3 is 5.97 Å². The van der Waals surface area contributed by atoms with Crippen molar-refractivity contribution in [3.8, 4) is 16.9 Å². The molecule has 3 heterocycles. The molecule has 2 aromatic heterocycles. The van der Waals surface area contributed by atoms with E-state index in [1.54, 1.807) is 27.7 Å². The highest BCUT2D eigenvalue weighted by Crippen LogP contribution is 2.46. The number of aromatic nitrogens is 2. The quantitative estimate of drug-likeness (QED) is 0.303. The number of rotatable bonds is 4. The highest BCUT2D eigenvalue weighted by Gasteiger charge is 2.34. The molecule has 38 heavy (non-hydrogen) atoms. The summed E-state index contributed by atoms with van der Waals surface area (Å²) in [4.78, 5) is 32.9. The number of carbonyl (C=O) groups is 1. The second kappa shape index (κ2) is 9.09. The maximum atomic E-state index is 14.1. The zero-order valence-electron chi connectivity index (χ0n) is 22.2. The van der Waals surface area contributed by atoms with E-state index in [0.717, 1.165) is 34.8 Å². The summed E-state index contributed by atoms with van der Waals surface area (Å²) in [7, 11) is 0. The van der Waals surface area contributed by atoms with Crippen LogP contribution in [-0.2, 0) is 9.53 Å². The number of hydrogen-bond donors (Lipinski definition) is 3. The van der Waals surface area contributed by atoms with Gasteiger partial charge in [0, 0.05) is 17.5 Å². The van der Waals surface area contributed by atoms with Gasteiger partial charge in [-0.2, -0.15) is 0 Å². The molecule has 5 rings (SSSR count). The summed E-state index contributed by atoms with van der Waals surface area (Å²) < 4.78 is 26.0. The van der Waals surface area contributed by atoms with E-state index in [2.05, 4.69) is 15.3 Å². The van der Waals surface area contributed by atoms with Gasteiger partial charge in [0.1, 0.15) is 18.2 Å². The Morgan fingerprint density at radius 2 is 1.92 bits per heavy atom. The number of aliphatic carboxylic acids is 1. The second-order valence-corrected chi connectivity index (χ2v) is 10.6. The Kier molecular flexibility index (Phi) is 6.14. The van der Waals surface area contributed by atoms with Crippen molar-refractivity contribution in [3.05, 3.63) is 62.8 Å². The molecule has 0 amide bonds. The van der Waals surface area contributed by atoms with Crippen molar-refractivity contribution in [1.82, 2.24) is 9.97 Å². The number of ether oxygens (including phenoxy) is 2. The van der Waals surface area contributed by atoms with Crippen LogP contribution in [0.4, 0.5) is 10.1 Å². The molecule has 0 saturated heterocycles. The van der Waals surface area contributed by atoms with Gasteiger partial charge in [-0.05, 0) is 81.5 Å². The molecule has 3 N–H and O–H groups in total. The molecule has 0 bridgehead atoms. The van der Waals surface area contributed by atoms with E-state index in [9.17, 15) is 19.1 Å². The van der Waals surface area contributed by atoms with E-state index in [0.29, 0.717) is 51.8 Å². The molecule has 0 spiro atoms. The average molecular weight is 520 g/mol. The van der Waals surface area contributed by atoms with Gasteiger partial charge in [-0.25, -0.2) is 9.18 Å². The molecule has 198 valence electrons. The number of aromatic amines is 1. The van der Waals surface area contributed by atoms with Gasteiger partial charge in [0.2, 0.25) is 0 Å². The van der Waals surface area contributed by atoms with E-state index in [1.165, 1.54) is 0 Å². The van der Waals surface area contributed by atoms with Crippen molar-refractivity contribution in [2.24, 2.45) is 0 Å². The van der Waals surface area contributed by atoms with Crippen LogP contribution in [0.2, 0.25) is 0 Å². The predicted octanol–water partition coefficient (Wildman–Crippen LogP) is 5.55. The Morgan fingerprint density at radius 3 is 2.61 bits per heavy atom. The third-order valence-corrected chi connectivity index (χ3v) is 6.94. The zero-order valence-corrected chi connectivity index (χ0v) is 22.2. The summed E-state index contributed by atoms with van der Waals surface area (Å²) in [6.07, 6.45) is -0.245. The third-order valence-electron chi connectivity index (χ3n) is 6.94. The highest BCUT2D eigenvalue weighted by atomic mass is 19.1. The Labute approximate surface area is 218 Å². The Bertz CT molecular complexity index is 1690. The molecule has 8 nitrogen and oxygen atoms in total. The van der Waals surface area contributed by atoms with Gasteiger partial charge in [0.25, 0.3) is 5.56 Å². The van der Waals surface area contributed by atoms with Crippen LogP contribution in [0.25, 0.3) is 32.9 Å². The molecule has 0 saturated carbocycles. The number of carboxylic acids is 1. The number of anilines is 1. The lowest BCUT2D eigenvalue weighted by Gasteiger charge is -2.30. The maximum Gasteiger partial charge on any atom is 0.337 e. The number of carboxylic acid groups (broad SMARTS) is 1. The molecule has 0 aliphatic carbocycles.